The van der Waals surface area contributed by atoms with Crippen LogP contribution in [0.25, 0.3) is 0 Å². The van der Waals surface area contributed by atoms with Crippen LogP contribution in [0.5, 0.6) is 0 Å². The number of thiazole rings is 1. The van der Waals surface area contributed by atoms with Crippen molar-refractivity contribution in [3.05, 3.63) is 11.1 Å². The van der Waals surface area contributed by atoms with E-state index in [1.165, 1.54) is 18.4 Å². The van der Waals surface area contributed by atoms with Crippen LogP contribution >= 0.6 is 11.3 Å². The summed E-state index contributed by atoms with van der Waals surface area (Å²) in [5.74, 6) is -0.135. The molecule has 0 saturated carbocycles. The molecular formula is C9H14N2O2S. The predicted molar refractivity (Wildman–Crippen MR) is 56.6 cm³/mol. The highest BCUT2D eigenvalue weighted by Crippen LogP contribution is 2.17. The van der Waals surface area contributed by atoms with Gasteiger partial charge in [-0.15, -0.1) is 11.3 Å². The Morgan fingerprint density at radius 2 is 2.50 bits per heavy atom. The summed E-state index contributed by atoms with van der Waals surface area (Å²) in [6.07, 6.45) is 2.00. The smallest absolute Gasteiger partial charge is 0.255 e. The molecule has 1 unspecified atom stereocenters. The van der Waals surface area contributed by atoms with Crippen LogP contribution in [0.15, 0.2) is 6.20 Å². The summed E-state index contributed by atoms with van der Waals surface area (Å²) >= 11 is 1.46. The first-order chi connectivity index (χ1) is 6.67. The Balaban J connectivity index is 2.56. The number of amides is 1. The molecule has 1 amide bonds. The number of hydrogen-bond donors (Lipinski definition) is 1. The Labute approximate surface area is 87.3 Å². The Hall–Kier alpha value is -0.940. The Morgan fingerprint density at radius 3 is 2.93 bits per heavy atom. The highest BCUT2D eigenvalue weighted by atomic mass is 32.1. The van der Waals surface area contributed by atoms with Crippen LogP contribution in [0.3, 0.4) is 0 Å². The lowest BCUT2D eigenvalue weighted by atomic mass is 10.2. The number of rotatable bonds is 4. The minimum absolute atomic E-state index is 0.135. The van der Waals surface area contributed by atoms with Gasteiger partial charge in [-0.25, -0.2) is 4.98 Å². The van der Waals surface area contributed by atoms with Crippen molar-refractivity contribution < 1.29 is 9.53 Å². The Morgan fingerprint density at radius 1 is 1.79 bits per heavy atom. The van der Waals surface area contributed by atoms with Gasteiger partial charge in [-0.1, -0.05) is 6.92 Å². The van der Waals surface area contributed by atoms with E-state index in [-0.39, 0.29) is 12.0 Å². The van der Waals surface area contributed by atoms with Crippen LogP contribution in [0.2, 0.25) is 0 Å². The number of nitrogens with zero attached hydrogens (tertiary/aromatic N) is 1. The van der Waals surface area contributed by atoms with Gasteiger partial charge in [0.2, 0.25) is 0 Å². The molecule has 0 aromatic carbocycles. The van der Waals surface area contributed by atoms with Crippen molar-refractivity contribution in [2.75, 3.05) is 12.4 Å². The van der Waals surface area contributed by atoms with E-state index < -0.39 is 0 Å². The van der Waals surface area contributed by atoms with E-state index >= 15 is 0 Å². The first-order valence-corrected chi connectivity index (χ1v) is 5.25. The third kappa shape index (κ3) is 2.78. The molecule has 1 N–H and O–H groups in total. The lowest BCUT2D eigenvalue weighted by Gasteiger charge is -2.10. The molecule has 1 atom stereocenters. The maximum atomic E-state index is 11.5. The van der Waals surface area contributed by atoms with Crippen molar-refractivity contribution in [3.63, 3.8) is 0 Å². The van der Waals surface area contributed by atoms with E-state index in [1.54, 1.807) is 6.20 Å². The van der Waals surface area contributed by atoms with Crippen LogP contribution in [0.1, 0.15) is 18.2 Å². The third-order valence-corrected chi connectivity index (χ3v) is 2.63. The average molecular weight is 214 g/mol. The van der Waals surface area contributed by atoms with Crippen LogP contribution in [-0.4, -0.2) is 24.1 Å². The molecule has 0 aliphatic carbocycles. The van der Waals surface area contributed by atoms with E-state index in [1.807, 2.05) is 13.8 Å². The van der Waals surface area contributed by atoms with Gasteiger partial charge in [-0.05, 0) is 13.3 Å². The fourth-order valence-corrected chi connectivity index (χ4v) is 1.72. The number of aromatic nitrogens is 1. The normalized spacial score (nSPS) is 12.5. The summed E-state index contributed by atoms with van der Waals surface area (Å²) in [7, 11) is 1.53. The lowest BCUT2D eigenvalue weighted by molar-refractivity contribution is -0.125. The number of nitrogens with one attached hydrogen (secondary N) is 1. The summed E-state index contributed by atoms with van der Waals surface area (Å²) in [6.45, 7) is 3.85. The second-order valence-corrected chi connectivity index (χ2v) is 4.13. The fraction of sp³-hybridized carbons (Fsp3) is 0.556. The van der Waals surface area contributed by atoms with Crippen molar-refractivity contribution in [1.82, 2.24) is 4.98 Å². The van der Waals surface area contributed by atoms with Crippen molar-refractivity contribution in [1.29, 1.82) is 0 Å². The van der Waals surface area contributed by atoms with E-state index in [9.17, 15) is 4.79 Å². The van der Waals surface area contributed by atoms with E-state index in [0.29, 0.717) is 11.6 Å². The average Bonchev–Trinajstić information content (AvgIpc) is 2.53. The SMILES string of the molecule is CCC(OC)C(=O)Nc1ncc(C)s1. The topological polar surface area (TPSA) is 51.2 Å². The Bertz CT molecular complexity index is 308. The molecule has 1 rings (SSSR count). The summed E-state index contributed by atoms with van der Waals surface area (Å²) in [4.78, 5) is 16.6. The summed E-state index contributed by atoms with van der Waals surface area (Å²) < 4.78 is 5.01. The van der Waals surface area contributed by atoms with Gasteiger partial charge in [0.15, 0.2) is 5.13 Å². The quantitative estimate of drug-likeness (QED) is 0.831. The number of ether oxygens (including phenoxy) is 1. The van der Waals surface area contributed by atoms with Gasteiger partial charge in [0.25, 0.3) is 5.91 Å². The molecule has 0 saturated heterocycles. The van der Waals surface area contributed by atoms with E-state index in [0.717, 1.165) is 4.88 Å². The standard InChI is InChI=1S/C9H14N2O2S/c1-4-7(13-3)8(12)11-9-10-5-6(2)14-9/h5,7H,4H2,1-3H3,(H,10,11,12). The first kappa shape index (κ1) is 11.1. The van der Waals surface area contributed by atoms with Crippen molar-refractivity contribution in [3.8, 4) is 0 Å². The number of aryl methyl sites for hydroxylation is 1. The molecule has 0 aliphatic heterocycles. The molecular weight excluding hydrogens is 200 g/mol. The zero-order chi connectivity index (χ0) is 10.6. The monoisotopic (exact) mass is 214 g/mol. The zero-order valence-corrected chi connectivity index (χ0v) is 9.35. The maximum absolute atomic E-state index is 11.5. The number of methoxy groups -OCH3 is 1. The summed E-state index contributed by atoms with van der Waals surface area (Å²) in [5, 5.41) is 3.34. The number of carbonyl (C=O) groups is 1. The second kappa shape index (κ2) is 5.07. The number of carbonyl (C=O) groups excluding carboxylic acids is 1. The molecule has 0 aliphatic rings. The molecule has 0 spiro atoms. The lowest BCUT2D eigenvalue weighted by Crippen LogP contribution is -2.28. The molecule has 1 aromatic heterocycles. The van der Waals surface area contributed by atoms with Crippen molar-refractivity contribution in [2.24, 2.45) is 0 Å². The number of hydrogen-bond acceptors (Lipinski definition) is 4. The van der Waals surface area contributed by atoms with Gasteiger partial charge in [0, 0.05) is 18.2 Å². The summed E-state index contributed by atoms with van der Waals surface area (Å²) in [5.41, 5.74) is 0. The molecule has 14 heavy (non-hydrogen) atoms. The van der Waals surface area contributed by atoms with Gasteiger partial charge in [-0.3, -0.25) is 10.1 Å². The molecule has 1 heterocycles. The molecule has 4 nitrogen and oxygen atoms in total. The minimum atomic E-state index is -0.390. The summed E-state index contributed by atoms with van der Waals surface area (Å²) in [6, 6.07) is 0. The highest BCUT2D eigenvalue weighted by Gasteiger charge is 2.16. The van der Waals surface area contributed by atoms with Crippen LogP contribution in [0, 0.1) is 6.92 Å². The maximum Gasteiger partial charge on any atom is 0.255 e. The van der Waals surface area contributed by atoms with Gasteiger partial charge in [0.1, 0.15) is 6.10 Å². The molecule has 0 radical (unpaired) electrons. The zero-order valence-electron chi connectivity index (χ0n) is 8.53. The van der Waals surface area contributed by atoms with E-state index in [2.05, 4.69) is 10.3 Å². The predicted octanol–water partition coefficient (Wildman–Crippen LogP) is 1.82. The van der Waals surface area contributed by atoms with Crippen molar-refractivity contribution >= 4 is 22.4 Å². The molecule has 0 bridgehead atoms. The third-order valence-electron chi connectivity index (χ3n) is 1.80. The molecule has 5 heteroatoms. The van der Waals surface area contributed by atoms with Gasteiger partial charge in [0.05, 0.1) is 0 Å². The van der Waals surface area contributed by atoms with E-state index in [4.69, 9.17) is 4.74 Å². The second-order valence-electron chi connectivity index (χ2n) is 2.90. The van der Waals surface area contributed by atoms with Crippen LogP contribution < -0.4 is 5.32 Å². The first-order valence-electron chi connectivity index (χ1n) is 4.43. The van der Waals surface area contributed by atoms with Crippen LogP contribution in [0.4, 0.5) is 5.13 Å². The van der Waals surface area contributed by atoms with Gasteiger partial charge >= 0.3 is 0 Å². The van der Waals surface area contributed by atoms with Gasteiger partial charge in [-0.2, -0.15) is 0 Å². The molecule has 1 aromatic rings. The fourth-order valence-electron chi connectivity index (χ4n) is 1.06. The number of anilines is 1. The highest BCUT2D eigenvalue weighted by molar-refractivity contribution is 7.15. The van der Waals surface area contributed by atoms with Gasteiger partial charge < -0.3 is 4.74 Å². The Kier molecular flexibility index (Phi) is 4.03. The van der Waals surface area contributed by atoms with Crippen molar-refractivity contribution in [2.45, 2.75) is 26.4 Å². The van der Waals surface area contributed by atoms with Crippen LogP contribution in [-0.2, 0) is 9.53 Å². The molecule has 0 fully saturated rings. The molecule has 78 valence electrons. The largest absolute Gasteiger partial charge is 0.372 e. The minimum Gasteiger partial charge on any atom is -0.372 e.